The van der Waals surface area contributed by atoms with E-state index in [1.165, 1.54) is 6.92 Å². The van der Waals surface area contributed by atoms with Crippen LogP contribution in [0.15, 0.2) is 11.8 Å². The summed E-state index contributed by atoms with van der Waals surface area (Å²) in [5.74, 6) is -4.09. The van der Waals surface area contributed by atoms with Crippen molar-refractivity contribution in [1.82, 2.24) is 0 Å². The van der Waals surface area contributed by atoms with Crippen molar-refractivity contribution >= 4 is 11.9 Å². The Balaban J connectivity index is 1.86. The van der Waals surface area contributed by atoms with E-state index in [4.69, 9.17) is 28.8 Å². The van der Waals surface area contributed by atoms with E-state index in [0.717, 1.165) is 0 Å². The molecule has 0 aliphatic carbocycles. The maximum atomic E-state index is 11.5. The van der Waals surface area contributed by atoms with Crippen LogP contribution in [-0.4, -0.2) is 138 Å². The third-order valence-electron chi connectivity index (χ3n) is 5.58. The van der Waals surface area contributed by atoms with Crippen LogP contribution in [0.5, 0.6) is 0 Å². The molecule has 0 aromatic carbocycles. The summed E-state index contributed by atoms with van der Waals surface area (Å²) in [5, 5.41) is 88.9. The van der Waals surface area contributed by atoms with Crippen molar-refractivity contribution < 1.29 is 79.2 Å². The molecule has 16 nitrogen and oxygen atoms in total. The van der Waals surface area contributed by atoms with Gasteiger partial charge in [-0.1, -0.05) is 0 Å². The van der Waals surface area contributed by atoms with Gasteiger partial charge in [0.25, 0.3) is 0 Å². The van der Waals surface area contributed by atoms with Crippen molar-refractivity contribution in [3.05, 3.63) is 11.8 Å². The van der Waals surface area contributed by atoms with Crippen molar-refractivity contribution in [2.24, 2.45) is 0 Å². The van der Waals surface area contributed by atoms with E-state index in [1.54, 1.807) is 0 Å². The van der Waals surface area contributed by atoms with Crippen LogP contribution >= 0.6 is 0 Å². The third-order valence-corrected chi connectivity index (χ3v) is 5.58. The van der Waals surface area contributed by atoms with E-state index in [-0.39, 0.29) is 0 Å². The van der Waals surface area contributed by atoms with Crippen LogP contribution in [0, 0.1) is 0 Å². The molecule has 9 N–H and O–H groups in total. The van der Waals surface area contributed by atoms with Gasteiger partial charge in [0.15, 0.2) is 18.7 Å². The van der Waals surface area contributed by atoms with Gasteiger partial charge in [-0.3, -0.25) is 0 Å². The number of carboxylic acid groups (broad SMARTS) is 2. The fourth-order valence-corrected chi connectivity index (χ4v) is 3.65. The number of carbonyl (C=O) groups is 2. The first-order chi connectivity index (χ1) is 15.8. The lowest BCUT2D eigenvalue weighted by atomic mass is 9.97. The molecule has 16 heteroatoms. The van der Waals surface area contributed by atoms with Crippen LogP contribution in [0.1, 0.15) is 6.92 Å². The molecule has 0 aromatic heterocycles. The van der Waals surface area contributed by atoms with E-state index in [9.17, 15) is 50.4 Å². The molecule has 3 aliphatic heterocycles. The molecule has 194 valence electrons. The van der Waals surface area contributed by atoms with Gasteiger partial charge in [-0.2, -0.15) is 0 Å². The Bertz CT molecular complexity index is 788. The fourth-order valence-electron chi connectivity index (χ4n) is 3.65. The molecule has 0 spiro atoms. The first-order valence-electron chi connectivity index (χ1n) is 10.1. The largest absolute Gasteiger partial charge is 0.479 e. The SMILES string of the molecule is C[C@@H]1O[C@@H](O[C@@H]2[C@H](O)[C@@H](O)[C@H](O)O[C@@H]2C(=O)O)[C@H](O[C@H]2OC(C(=O)O)=C[C@H](O)[C@H]2O)[C@H](O)[C@H]1O. The first-order valence-corrected chi connectivity index (χ1v) is 10.1. The molecule has 2 fully saturated rings. The van der Waals surface area contributed by atoms with Crippen LogP contribution < -0.4 is 0 Å². The third kappa shape index (κ3) is 5.16. The molecule has 3 rings (SSSR count). The van der Waals surface area contributed by atoms with Gasteiger partial charge in [0.1, 0.15) is 48.8 Å². The van der Waals surface area contributed by atoms with E-state index in [2.05, 4.69) is 0 Å². The van der Waals surface area contributed by atoms with Gasteiger partial charge in [-0.15, -0.1) is 0 Å². The van der Waals surface area contributed by atoms with Gasteiger partial charge in [0.2, 0.25) is 12.0 Å². The van der Waals surface area contributed by atoms with Crippen molar-refractivity contribution in [3.8, 4) is 0 Å². The first kappa shape index (κ1) is 26.6. The zero-order valence-corrected chi connectivity index (χ0v) is 17.5. The van der Waals surface area contributed by atoms with Crippen molar-refractivity contribution in [1.29, 1.82) is 0 Å². The second kappa shape index (κ2) is 10.3. The van der Waals surface area contributed by atoms with Crippen molar-refractivity contribution in [2.45, 2.75) is 86.8 Å². The normalized spacial score (nSPS) is 47.4. The maximum Gasteiger partial charge on any atom is 0.371 e. The van der Waals surface area contributed by atoms with Crippen LogP contribution in [-0.2, 0) is 33.3 Å². The minimum absolute atomic E-state index is 0.700. The highest BCUT2D eigenvalue weighted by Gasteiger charge is 2.53. The zero-order valence-electron chi connectivity index (χ0n) is 17.5. The summed E-state index contributed by atoms with van der Waals surface area (Å²) < 4.78 is 26.0. The molecule has 0 bridgehead atoms. The quantitative estimate of drug-likeness (QED) is 0.166. The molecule has 0 radical (unpaired) electrons. The molecular weight excluding hydrogens is 472 g/mol. The summed E-state index contributed by atoms with van der Waals surface area (Å²) in [4.78, 5) is 22.8. The number of hydrogen-bond donors (Lipinski definition) is 9. The predicted octanol–water partition coefficient (Wildman–Crippen LogP) is -5.21. The smallest absolute Gasteiger partial charge is 0.371 e. The molecule has 0 saturated carbocycles. The van der Waals surface area contributed by atoms with Gasteiger partial charge >= 0.3 is 11.9 Å². The number of ether oxygens (including phenoxy) is 5. The summed E-state index contributed by atoms with van der Waals surface area (Å²) in [5.41, 5.74) is 0. The second-order valence-corrected chi connectivity index (χ2v) is 7.96. The summed E-state index contributed by atoms with van der Waals surface area (Å²) >= 11 is 0. The Kier molecular flexibility index (Phi) is 8.10. The van der Waals surface area contributed by atoms with Crippen LogP contribution in [0.4, 0.5) is 0 Å². The molecule has 34 heavy (non-hydrogen) atoms. The number of rotatable bonds is 6. The Hall–Kier alpha value is -1.96. The maximum absolute atomic E-state index is 11.5. The molecular formula is C18H26O16. The summed E-state index contributed by atoms with van der Waals surface area (Å²) in [6.07, 6.45) is -23.0. The molecule has 3 aliphatic rings. The molecule has 3 heterocycles. The molecule has 2 saturated heterocycles. The van der Waals surface area contributed by atoms with E-state index in [0.29, 0.717) is 6.08 Å². The average Bonchev–Trinajstić information content (AvgIpc) is 2.77. The number of aliphatic carboxylic acids is 2. The average molecular weight is 498 g/mol. The van der Waals surface area contributed by atoms with Crippen LogP contribution in [0.3, 0.4) is 0 Å². The summed E-state index contributed by atoms with van der Waals surface area (Å²) in [6, 6.07) is 0. The molecule has 0 amide bonds. The Morgan fingerprint density at radius 2 is 1.38 bits per heavy atom. The van der Waals surface area contributed by atoms with Gasteiger partial charge in [-0.05, 0) is 13.0 Å². The minimum atomic E-state index is -2.06. The predicted molar refractivity (Wildman–Crippen MR) is 99.2 cm³/mol. The molecule has 0 unspecified atom stereocenters. The highest BCUT2D eigenvalue weighted by molar-refractivity contribution is 5.84. The van der Waals surface area contributed by atoms with Crippen molar-refractivity contribution in [2.75, 3.05) is 0 Å². The lowest BCUT2D eigenvalue weighted by Crippen LogP contribution is -2.65. The van der Waals surface area contributed by atoms with E-state index in [1.807, 2.05) is 0 Å². The highest BCUT2D eigenvalue weighted by Crippen LogP contribution is 2.32. The van der Waals surface area contributed by atoms with Crippen LogP contribution in [0.25, 0.3) is 0 Å². The lowest BCUT2D eigenvalue weighted by molar-refractivity contribution is -0.368. The summed E-state index contributed by atoms with van der Waals surface area (Å²) in [6.45, 7) is 1.31. The van der Waals surface area contributed by atoms with Gasteiger partial charge < -0.3 is 69.6 Å². The number of aliphatic hydroxyl groups excluding tert-OH is 7. The fraction of sp³-hybridized carbons (Fsp3) is 0.778. The highest BCUT2D eigenvalue weighted by atomic mass is 16.8. The topological polar surface area (TPSA) is 262 Å². The Morgan fingerprint density at radius 3 is 1.97 bits per heavy atom. The standard InChI is InChI=1S/C18H26O16/c1-3-6(20)8(22)12(34-17-7(21)4(19)2-5(31-17)14(25)26)18(30-3)33-11-9(23)10(24)16(29)32-13(11)15(27)28/h2-4,6-13,16-24,29H,1H3,(H,25,26)(H,27,28)/t3-,4-,6-,7+,8+,9+,10+,11+,12+,13-,16+,17+,18-/m0/s1. The van der Waals surface area contributed by atoms with E-state index < -0.39 is 97.6 Å². The zero-order chi connectivity index (χ0) is 25.5. The lowest BCUT2D eigenvalue weighted by Gasteiger charge is -2.46. The number of hydrogen-bond acceptors (Lipinski definition) is 14. The monoisotopic (exact) mass is 498 g/mol. The molecule has 0 aromatic rings. The Labute approximate surface area is 190 Å². The Morgan fingerprint density at radius 1 is 0.794 bits per heavy atom. The summed E-state index contributed by atoms with van der Waals surface area (Å²) in [7, 11) is 0. The minimum Gasteiger partial charge on any atom is -0.479 e. The van der Waals surface area contributed by atoms with Crippen molar-refractivity contribution in [3.63, 3.8) is 0 Å². The second-order valence-electron chi connectivity index (χ2n) is 7.96. The number of carboxylic acids is 2. The van der Waals surface area contributed by atoms with Gasteiger partial charge in [0, 0.05) is 0 Å². The van der Waals surface area contributed by atoms with Gasteiger partial charge in [-0.25, -0.2) is 9.59 Å². The van der Waals surface area contributed by atoms with E-state index >= 15 is 0 Å². The molecule has 13 atom stereocenters. The van der Waals surface area contributed by atoms with Gasteiger partial charge in [0.05, 0.1) is 6.10 Å². The number of aliphatic hydroxyl groups is 7. The van der Waals surface area contributed by atoms with Crippen LogP contribution in [0.2, 0.25) is 0 Å².